The van der Waals surface area contributed by atoms with Crippen molar-refractivity contribution in [2.24, 2.45) is 0 Å². The number of pyridine rings is 1. The first-order chi connectivity index (χ1) is 12.7. The number of benzene rings is 1. The average Bonchev–Trinajstić information content (AvgIpc) is 2.69. The fraction of sp³-hybridized carbons (Fsp3) is 0.263. The zero-order valence-corrected chi connectivity index (χ0v) is 15.7. The molecule has 1 amide bonds. The van der Waals surface area contributed by atoms with Crippen LogP contribution in [0.4, 0.5) is 5.82 Å². The third kappa shape index (κ3) is 3.53. The van der Waals surface area contributed by atoms with E-state index in [9.17, 15) is 4.79 Å². The predicted molar refractivity (Wildman–Crippen MR) is 104 cm³/mol. The summed E-state index contributed by atoms with van der Waals surface area (Å²) in [7, 11) is 0. The van der Waals surface area contributed by atoms with E-state index in [-0.39, 0.29) is 11.9 Å². The molecule has 0 unspecified atom stereocenters. The van der Waals surface area contributed by atoms with E-state index in [0.29, 0.717) is 5.56 Å². The Bertz CT molecular complexity index is 926. The molecule has 1 fully saturated rings. The monoisotopic (exact) mass is 411 g/mol. The normalized spacial score (nSPS) is 15.2. The van der Waals surface area contributed by atoms with E-state index in [1.807, 2.05) is 23.1 Å². The van der Waals surface area contributed by atoms with E-state index < -0.39 is 0 Å². The molecule has 7 heteroatoms. The number of rotatable bonds is 3. The Hall–Kier alpha value is -2.54. The van der Waals surface area contributed by atoms with Gasteiger partial charge in [0.1, 0.15) is 12.1 Å². The number of amides is 1. The number of hydrogen-bond acceptors (Lipinski definition) is 5. The van der Waals surface area contributed by atoms with Crippen LogP contribution in [-0.2, 0) is 0 Å². The molecule has 0 bridgehead atoms. The van der Waals surface area contributed by atoms with Crippen LogP contribution in [-0.4, -0.2) is 44.9 Å². The van der Waals surface area contributed by atoms with Gasteiger partial charge in [-0.1, -0.05) is 15.9 Å². The second-order valence-corrected chi connectivity index (χ2v) is 7.25. The minimum Gasteiger partial charge on any atom is -0.367 e. The molecule has 1 aliphatic rings. The van der Waals surface area contributed by atoms with E-state index in [1.165, 1.54) is 0 Å². The van der Waals surface area contributed by atoms with Crippen molar-refractivity contribution in [3.05, 3.63) is 59.1 Å². The molecule has 1 saturated heterocycles. The molecule has 26 heavy (non-hydrogen) atoms. The Morgan fingerprint density at radius 3 is 2.65 bits per heavy atom. The summed E-state index contributed by atoms with van der Waals surface area (Å²) in [5.41, 5.74) is 1.61. The Labute approximate surface area is 159 Å². The molecule has 0 saturated carbocycles. The smallest absolute Gasteiger partial charge is 0.253 e. The highest BCUT2D eigenvalue weighted by molar-refractivity contribution is 9.10. The van der Waals surface area contributed by atoms with Gasteiger partial charge in [0.05, 0.1) is 5.52 Å². The number of nitrogens with one attached hydrogen (secondary N) is 1. The molecule has 3 aromatic rings. The van der Waals surface area contributed by atoms with Gasteiger partial charge in [0.15, 0.2) is 0 Å². The fourth-order valence-electron chi connectivity index (χ4n) is 3.24. The maximum atomic E-state index is 12.5. The maximum Gasteiger partial charge on any atom is 0.253 e. The van der Waals surface area contributed by atoms with Gasteiger partial charge in [-0.25, -0.2) is 9.97 Å². The molecule has 1 aliphatic heterocycles. The number of fused-ring (bicyclic) bond motifs is 1. The van der Waals surface area contributed by atoms with Crippen molar-refractivity contribution in [2.45, 2.75) is 18.9 Å². The summed E-state index contributed by atoms with van der Waals surface area (Å²) in [6.45, 7) is 1.46. The van der Waals surface area contributed by atoms with Gasteiger partial charge in [0.2, 0.25) is 0 Å². The summed E-state index contributed by atoms with van der Waals surface area (Å²) in [5.74, 6) is 0.914. The van der Waals surface area contributed by atoms with Gasteiger partial charge in [-0.15, -0.1) is 0 Å². The number of nitrogens with zero attached hydrogens (tertiary/aromatic N) is 4. The van der Waals surface area contributed by atoms with Crippen LogP contribution in [0, 0.1) is 0 Å². The summed E-state index contributed by atoms with van der Waals surface area (Å²) in [5, 5.41) is 4.53. The van der Waals surface area contributed by atoms with Gasteiger partial charge in [-0.2, -0.15) is 0 Å². The first-order valence-corrected chi connectivity index (χ1v) is 9.36. The Morgan fingerprint density at radius 2 is 1.88 bits per heavy atom. The Kier molecular flexibility index (Phi) is 4.79. The van der Waals surface area contributed by atoms with Crippen molar-refractivity contribution in [3.8, 4) is 0 Å². The van der Waals surface area contributed by atoms with Crippen LogP contribution in [0.2, 0.25) is 0 Å². The number of piperidine rings is 1. The summed E-state index contributed by atoms with van der Waals surface area (Å²) >= 11 is 3.51. The molecule has 4 rings (SSSR count). The van der Waals surface area contributed by atoms with Gasteiger partial charge >= 0.3 is 0 Å². The minimum atomic E-state index is 0.0715. The van der Waals surface area contributed by atoms with E-state index >= 15 is 0 Å². The van der Waals surface area contributed by atoms with Gasteiger partial charge in [0.25, 0.3) is 5.91 Å². The van der Waals surface area contributed by atoms with Gasteiger partial charge in [-0.05, 0) is 43.2 Å². The van der Waals surface area contributed by atoms with Crippen molar-refractivity contribution >= 4 is 38.6 Å². The molecular weight excluding hydrogens is 394 g/mol. The molecule has 1 aromatic carbocycles. The molecule has 0 radical (unpaired) electrons. The van der Waals surface area contributed by atoms with Crippen LogP contribution >= 0.6 is 15.9 Å². The summed E-state index contributed by atoms with van der Waals surface area (Å²) in [6.07, 6.45) is 6.66. The second-order valence-electron chi connectivity index (χ2n) is 6.33. The Balaban J connectivity index is 1.43. The molecule has 3 heterocycles. The quantitative estimate of drug-likeness (QED) is 0.713. The first kappa shape index (κ1) is 16.9. The first-order valence-electron chi connectivity index (χ1n) is 8.57. The summed E-state index contributed by atoms with van der Waals surface area (Å²) in [6, 6.07) is 9.79. The van der Waals surface area contributed by atoms with Crippen molar-refractivity contribution in [2.75, 3.05) is 18.4 Å². The standard InChI is InChI=1S/C19H18BrN5O/c20-14-1-2-17-16(11-14)18(23-12-22-17)24-15-5-9-25(10-6-15)19(26)13-3-7-21-8-4-13/h1-4,7-8,11-12,15H,5-6,9-10H2,(H,22,23,24). The topological polar surface area (TPSA) is 71.0 Å². The SMILES string of the molecule is O=C(c1ccncc1)N1CCC(Nc2ncnc3ccc(Br)cc23)CC1. The highest BCUT2D eigenvalue weighted by atomic mass is 79.9. The van der Waals surface area contributed by atoms with Crippen LogP contribution in [0.3, 0.4) is 0 Å². The number of halogens is 1. The lowest BCUT2D eigenvalue weighted by atomic mass is 10.0. The van der Waals surface area contributed by atoms with Crippen LogP contribution in [0.5, 0.6) is 0 Å². The molecule has 6 nitrogen and oxygen atoms in total. The molecular formula is C19H18BrN5O. The van der Waals surface area contributed by atoms with Crippen molar-refractivity contribution in [3.63, 3.8) is 0 Å². The third-order valence-electron chi connectivity index (χ3n) is 4.65. The molecule has 132 valence electrons. The Morgan fingerprint density at radius 1 is 1.12 bits per heavy atom. The molecule has 0 aliphatic carbocycles. The number of aromatic nitrogens is 3. The molecule has 0 spiro atoms. The largest absolute Gasteiger partial charge is 0.367 e. The van der Waals surface area contributed by atoms with E-state index in [0.717, 1.165) is 47.1 Å². The lowest BCUT2D eigenvalue weighted by molar-refractivity contribution is 0.0718. The van der Waals surface area contributed by atoms with Crippen molar-refractivity contribution in [1.29, 1.82) is 0 Å². The molecule has 1 N–H and O–H groups in total. The zero-order valence-electron chi connectivity index (χ0n) is 14.1. The van der Waals surface area contributed by atoms with E-state index in [1.54, 1.807) is 30.9 Å². The number of likely N-dealkylation sites (tertiary alicyclic amines) is 1. The van der Waals surface area contributed by atoms with Gasteiger partial charge in [-0.3, -0.25) is 9.78 Å². The number of hydrogen-bond donors (Lipinski definition) is 1. The van der Waals surface area contributed by atoms with E-state index in [4.69, 9.17) is 0 Å². The lowest BCUT2D eigenvalue weighted by Gasteiger charge is -2.32. The predicted octanol–water partition coefficient (Wildman–Crippen LogP) is 3.50. The maximum absolute atomic E-state index is 12.5. The van der Waals surface area contributed by atoms with Crippen molar-refractivity contribution in [1.82, 2.24) is 19.9 Å². The number of carbonyl (C=O) groups excluding carboxylic acids is 1. The summed E-state index contributed by atoms with van der Waals surface area (Å²) in [4.78, 5) is 27.1. The van der Waals surface area contributed by atoms with Crippen LogP contribution in [0.1, 0.15) is 23.2 Å². The van der Waals surface area contributed by atoms with E-state index in [2.05, 4.69) is 36.2 Å². The van der Waals surface area contributed by atoms with Gasteiger partial charge in [0, 0.05) is 46.9 Å². The number of carbonyl (C=O) groups is 1. The molecule has 0 atom stereocenters. The van der Waals surface area contributed by atoms with Gasteiger partial charge < -0.3 is 10.2 Å². The van der Waals surface area contributed by atoms with Crippen molar-refractivity contribution < 1.29 is 4.79 Å². The fourth-order valence-corrected chi connectivity index (χ4v) is 3.60. The van der Waals surface area contributed by atoms with Crippen LogP contribution in [0.25, 0.3) is 10.9 Å². The average molecular weight is 412 g/mol. The number of anilines is 1. The highest BCUT2D eigenvalue weighted by Gasteiger charge is 2.24. The summed E-state index contributed by atoms with van der Waals surface area (Å²) < 4.78 is 1.00. The third-order valence-corrected chi connectivity index (χ3v) is 5.14. The van der Waals surface area contributed by atoms with Crippen LogP contribution in [0.15, 0.2) is 53.5 Å². The lowest BCUT2D eigenvalue weighted by Crippen LogP contribution is -2.42. The second kappa shape index (κ2) is 7.37. The molecule has 2 aromatic heterocycles. The highest BCUT2D eigenvalue weighted by Crippen LogP contribution is 2.25. The zero-order chi connectivity index (χ0) is 17.9. The minimum absolute atomic E-state index is 0.0715. The van der Waals surface area contributed by atoms with Crippen LogP contribution < -0.4 is 5.32 Å².